The predicted octanol–water partition coefficient (Wildman–Crippen LogP) is 13.2. The highest BCUT2D eigenvalue weighted by Crippen LogP contribution is 2.62. The van der Waals surface area contributed by atoms with Crippen molar-refractivity contribution >= 4 is 18.1 Å². The third-order valence-electron chi connectivity index (χ3n) is 15.2. The van der Waals surface area contributed by atoms with Crippen molar-refractivity contribution in [2.24, 2.45) is 22.9 Å². The topological polar surface area (TPSA) is 155 Å². The molecular weight excluding hydrogens is 944 g/mol. The smallest absolute Gasteiger partial charge is 0.410 e. The van der Waals surface area contributed by atoms with Crippen LogP contribution in [0.1, 0.15) is 163 Å². The van der Waals surface area contributed by atoms with Crippen LogP contribution in [0.3, 0.4) is 0 Å². The molecule has 2 aliphatic carbocycles. The molecule has 7 rings (SSSR count). The number of aldehydes is 1. The summed E-state index contributed by atoms with van der Waals surface area (Å²) in [5.41, 5.74) is 3.41. The van der Waals surface area contributed by atoms with Gasteiger partial charge in [0, 0.05) is 44.1 Å². The third kappa shape index (κ3) is 14.6. The SMILES string of the molecule is C=CCO[C@@]12Oc3ccc(Oc4ccc(OC)c(C=O)c4)cc3[C@H]3[C@H](CCCCO)[C@@H](CCCCO)C=C(C(=NOC4CCCCO4)C[C@@H]1N(Cc1ccc(F)cc1)C(=O)OCCCCCCCCCCCC)[C@H]32. The van der Waals surface area contributed by atoms with Crippen LogP contribution in [0, 0.1) is 23.6 Å². The zero-order chi connectivity index (χ0) is 52.1. The van der Waals surface area contributed by atoms with Crippen molar-refractivity contribution in [1.82, 2.24) is 4.90 Å². The molecule has 7 atom stereocenters. The molecule has 2 N–H and O–H groups in total. The maximum absolute atomic E-state index is 15.1. The number of unbranched alkanes of at least 4 members (excludes halogenated alkanes) is 11. The summed E-state index contributed by atoms with van der Waals surface area (Å²) in [7, 11) is 1.51. The van der Waals surface area contributed by atoms with Gasteiger partial charge in [0.25, 0.3) is 0 Å². The Morgan fingerprint density at radius 2 is 1.61 bits per heavy atom. The second-order valence-corrected chi connectivity index (χ2v) is 20.3. The highest BCUT2D eigenvalue weighted by molar-refractivity contribution is 6.03. The summed E-state index contributed by atoms with van der Waals surface area (Å²) in [5, 5.41) is 25.1. The van der Waals surface area contributed by atoms with E-state index in [-0.39, 0.29) is 57.1 Å². The summed E-state index contributed by atoms with van der Waals surface area (Å²) in [6, 6.07) is 16.1. The number of aliphatic hydroxyl groups is 2. The molecule has 3 aromatic rings. The van der Waals surface area contributed by atoms with Crippen LogP contribution in [0.5, 0.6) is 23.0 Å². The molecule has 4 aliphatic rings. The second kappa shape index (κ2) is 29.1. The molecule has 0 bridgehead atoms. The Morgan fingerprint density at radius 1 is 0.892 bits per heavy atom. The van der Waals surface area contributed by atoms with Gasteiger partial charge in [-0.15, -0.1) is 6.58 Å². The molecule has 1 saturated heterocycles. The number of rotatable bonds is 31. The summed E-state index contributed by atoms with van der Waals surface area (Å²) >= 11 is 0. The van der Waals surface area contributed by atoms with Gasteiger partial charge in [0.05, 0.1) is 44.1 Å². The standard InChI is InChI=1S/C60H81FN2O11/c1-4-6-7-8-9-10-11-12-13-19-36-70-59(67)63(41-43-24-26-46(61)27-25-43)55-40-52(62-74-56-23-16-20-35-69-56)50-38-44(21-14-17-32-64)49(22-15-18-33-65)57-51-39-48(72-47-28-30-53(68-3)45(37-47)42-66)29-31-54(51)73-60(55,58(50)57)71-34-5-2/h5,24-31,37-39,42,44,49,55-58,64-65H,2,4,6-23,32-36,40-41H2,1,3H3/t44-,49+,55-,56?,57+,58+,60+/m0/s1. The monoisotopic (exact) mass is 1020 g/mol. The van der Waals surface area contributed by atoms with E-state index in [0.29, 0.717) is 72.1 Å². The van der Waals surface area contributed by atoms with Crippen LogP contribution in [-0.4, -0.2) is 91.5 Å². The highest BCUT2D eigenvalue weighted by Gasteiger charge is 2.66. The van der Waals surface area contributed by atoms with E-state index < -0.39 is 35.9 Å². The molecule has 0 aromatic heterocycles. The second-order valence-electron chi connectivity index (χ2n) is 20.3. The highest BCUT2D eigenvalue weighted by atomic mass is 19.1. The number of amides is 1. The number of fused-ring (bicyclic) bond motifs is 2. The fourth-order valence-electron chi connectivity index (χ4n) is 11.6. The Labute approximate surface area is 438 Å². The van der Waals surface area contributed by atoms with Crippen molar-refractivity contribution in [3.05, 3.63) is 107 Å². The van der Waals surface area contributed by atoms with E-state index in [2.05, 4.69) is 19.6 Å². The van der Waals surface area contributed by atoms with Gasteiger partial charge in [0.2, 0.25) is 12.1 Å². The molecule has 2 heterocycles. The summed E-state index contributed by atoms with van der Waals surface area (Å²) in [6.07, 6.45) is 22.0. The van der Waals surface area contributed by atoms with Crippen LogP contribution in [0.25, 0.3) is 0 Å². The van der Waals surface area contributed by atoms with E-state index in [1.165, 1.54) is 57.8 Å². The molecule has 2 aliphatic heterocycles. The van der Waals surface area contributed by atoms with Crippen LogP contribution >= 0.6 is 0 Å². The summed E-state index contributed by atoms with van der Waals surface area (Å²) in [5.74, 6) is -0.989. The van der Waals surface area contributed by atoms with Gasteiger partial charge >= 0.3 is 6.09 Å². The molecule has 74 heavy (non-hydrogen) atoms. The van der Waals surface area contributed by atoms with Crippen LogP contribution in [0.4, 0.5) is 9.18 Å². The Bertz CT molecular complexity index is 2300. The van der Waals surface area contributed by atoms with Crippen LogP contribution in [0.2, 0.25) is 0 Å². The number of allylic oxidation sites excluding steroid dienone is 1. The normalized spacial score (nSPS) is 23.4. The summed E-state index contributed by atoms with van der Waals surface area (Å²) in [4.78, 5) is 35.2. The number of benzene rings is 3. The molecule has 0 spiro atoms. The summed E-state index contributed by atoms with van der Waals surface area (Å²) < 4.78 is 53.4. The number of carbonyl (C=O) groups excluding carboxylic acids is 2. The number of carbonyl (C=O) groups is 2. The quantitative estimate of drug-likeness (QED) is 0.0274. The van der Waals surface area contributed by atoms with E-state index in [1.807, 2.05) is 18.2 Å². The molecule has 1 saturated carbocycles. The molecular formula is C60H81FN2O11. The minimum absolute atomic E-state index is 0.00474. The first kappa shape index (κ1) is 56.4. The largest absolute Gasteiger partial charge is 0.496 e. The van der Waals surface area contributed by atoms with Gasteiger partial charge in [-0.2, -0.15) is 0 Å². The zero-order valence-corrected chi connectivity index (χ0v) is 43.9. The molecule has 1 unspecified atom stereocenters. The molecule has 1 amide bonds. The van der Waals surface area contributed by atoms with Gasteiger partial charge in [0.1, 0.15) is 34.9 Å². The number of methoxy groups -OCH3 is 1. The Hall–Kier alpha value is -5.28. The van der Waals surface area contributed by atoms with Gasteiger partial charge in [-0.1, -0.05) is 107 Å². The first-order valence-corrected chi connectivity index (χ1v) is 27.6. The molecule has 3 aromatic carbocycles. The van der Waals surface area contributed by atoms with E-state index >= 15 is 4.79 Å². The van der Waals surface area contributed by atoms with Crippen molar-refractivity contribution in [3.8, 4) is 23.0 Å². The number of ether oxygens (including phenoxy) is 6. The maximum atomic E-state index is 15.1. The first-order chi connectivity index (χ1) is 36.3. The number of nitrogens with zero attached hydrogens (tertiary/aromatic N) is 2. The fraction of sp³-hybridized carbons (Fsp3) is 0.583. The fourth-order valence-corrected chi connectivity index (χ4v) is 11.6. The summed E-state index contributed by atoms with van der Waals surface area (Å²) in [6.45, 7) is 7.33. The number of aliphatic hydroxyl groups excluding tert-OH is 2. The van der Waals surface area contributed by atoms with Crippen molar-refractivity contribution in [2.75, 3.05) is 40.1 Å². The van der Waals surface area contributed by atoms with Gasteiger partial charge < -0.3 is 43.5 Å². The van der Waals surface area contributed by atoms with Gasteiger partial charge in [0.15, 0.2) is 6.29 Å². The molecule has 0 radical (unpaired) electrons. The average molecular weight is 1030 g/mol. The van der Waals surface area contributed by atoms with Crippen molar-refractivity contribution in [2.45, 2.75) is 166 Å². The van der Waals surface area contributed by atoms with Crippen LogP contribution < -0.4 is 14.2 Å². The minimum Gasteiger partial charge on any atom is -0.496 e. The van der Waals surface area contributed by atoms with Crippen molar-refractivity contribution in [3.63, 3.8) is 0 Å². The van der Waals surface area contributed by atoms with Gasteiger partial charge in [-0.05, 0) is 116 Å². The molecule has 404 valence electrons. The Morgan fingerprint density at radius 3 is 2.30 bits per heavy atom. The third-order valence-corrected chi connectivity index (χ3v) is 15.2. The lowest BCUT2D eigenvalue weighted by atomic mass is 9.55. The van der Waals surface area contributed by atoms with E-state index in [4.69, 9.17) is 38.4 Å². The first-order valence-electron chi connectivity index (χ1n) is 27.6. The van der Waals surface area contributed by atoms with E-state index in [0.717, 1.165) is 75.2 Å². The Balaban J connectivity index is 1.35. The lowest BCUT2D eigenvalue weighted by Gasteiger charge is -2.60. The number of hydrogen-bond acceptors (Lipinski definition) is 12. The maximum Gasteiger partial charge on any atom is 0.410 e. The average Bonchev–Trinajstić information content (AvgIpc) is 3.42. The molecule has 14 heteroatoms. The lowest BCUT2D eigenvalue weighted by molar-refractivity contribution is -0.256. The van der Waals surface area contributed by atoms with Gasteiger partial charge in [-0.3, -0.25) is 9.69 Å². The van der Waals surface area contributed by atoms with E-state index in [9.17, 15) is 19.4 Å². The zero-order valence-electron chi connectivity index (χ0n) is 43.9. The van der Waals surface area contributed by atoms with Crippen molar-refractivity contribution < 1.29 is 57.5 Å². The molecule has 13 nitrogen and oxygen atoms in total. The van der Waals surface area contributed by atoms with Crippen LogP contribution in [-0.2, 0) is 25.6 Å². The van der Waals surface area contributed by atoms with Crippen LogP contribution in [0.15, 0.2) is 90.1 Å². The van der Waals surface area contributed by atoms with Gasteiger partial charge in [-0.25, -0.2) is 9.18 Å². The molecule has 2 fully saturated rings. The minimum atomic E-state index is -1.56. The number of oxime groups is 1. The lowest BCUT2D eigenvalue weighted by Crippen LogP contribution is -2.70. The number of halogens is 1. The van der Waals surface area contributed by atoms with Crippen molar-refractivity contribution in [1.29, 1.82) is 0 Å². The predicted molar refractivity (Wildman–Crippen MR) is 283 cm³/mol. The number of hydrogen-bond donors (Lipinski definition) is 2. The Kier molecular flexibility index (Phi) is 22.2. The van der Waals surface area contributed by atoms with E-state index in [1.54, 1.807) is 41.3 Å².